The number of aliphatic hydroxyl groups is 1. The Labute approximate surface area is 114 Å². The Kier molecular flexibility index (Phi) is 3.98. The molecule has 2 aliphatic rings. The normalized spacial score (nSPS) is 42.0. The number of fused-ring (bicyclic) bond motifs is 1. The molecule has 0 saturated carbocycles. The smallest absolute Gasteiger partial charge is 0.336 e. The lowest BCUT2D eigenvalue weighted by Crippen LogP contribution is -2.56. The molecule has 0 amide bonds. The van der Waals surface area contributed by atoms with E-state index < -0.39 is 54.4 Å². The molecule has 0 aromatic rings. The SMILES string of the molecule is N[C@H]1[C@H]2O[C@@](C[C@H](N)C(=O)O)(C(=O)O)C[C@H]2OC[C@H]1O. The molecule has 0 aromatic heterocycles. The van der Waals surface area contributed by atoms with Crippen LogP contribution in [-0.2, 0) is 19.1 Å². The molecule has 9 nitrogen and oxygen atoms in total. The van der Waals surface area contributed by atoms with Crippen molar-refractivity contribution in [3.8, 4) is 0 Å². The van der Waals surface area contributed by atoms with Crippen LogP contribution in [0.1, 0.15) is 12.8 Å². The number of aliphatic carboxylic acids is 2. The fourth-order valence-corrected chi connectivity index (χ4v) is 2.66. The molecule has 2 aliphatic heterocycles. The van der Waals surface area contributed by atoms with Crippen molar-refractivity contribution in [2.75, 3.05) is 6.61 Å². The van der Waals surface area contributed by atoms with E-state index in [-0.39, 0.29) is 13.0 Å². The standard InChI is InChI=1S/C11H18N2O7/c12-4(9(15)16)1-11(10(17)18)2-6-8(20-11)7(13)5(14)3-19-6/h4-8,14H,1-3,12-13H2,(H,15,16)(H,17,18)/t4-,5+,6+,7+,8-,11+/m0/s1. The molecular weight excluding hydrogens is 272 g/mol. The van der Waals surface area contributed by atoms with Crippen LogP contribution in [0.3, 0.4) is 0 Å². The zero-order chi connectivity index (χ0) is 15.1. The molecule has 20 heavy (non-hydrogen) atoms. The van der Waals surface area contributed by atoms with E-state index in [0.717, 1.165) is 0 Å². The fourth-order valence-electron chi connectivity index (χ4n) is 2.66. The first-order chi connectivity index (χ1) is 9.27. The number of hydrogen-bond donors (Lipinski definition) is 5. The predicted molar refractivity (Wildman–Crippen MR) is 63.8 cm³/mol. The molecular formula is C11H18N2O7. The first-order valence-corrected chi connectivity index (χ1v) is 6.22. The first-order valence-electron chi connectivity index (χ1n) is 6.22. The maximum absolute atomic E-state index is 11.5. The molecule has 2 saturated heterocycles. The van der Waals surface area contributed by atoms with E-state index in [1.807, 2.05) is 0 Å². The third-order valence-electron chi connectivity index (χ3n) is 3.82. The maximum Gasteiger partial charge on any atom is 0.336 e. The Morgan fingerprint density at radius 1 is 1.40 bits per heavy atom. The number of rotatable bonds is 4. The molecule has 0 spiro atoms. The van der Waals surface area contributed by atoms with E-state index in [1.165, 1.54) is 0 Å². The van der Waals surface area contributed by atoms with Crippen LogP contribution < -0.4 is 11.5 Å². The predicted octanol–water partition coefficient (Wildman–Crippen LogP) is -2.51. The maximum atomic E-state index is 11.5. The van der Waals surface area contributed by atoms with E-state index >= 15 is 0 Å². The lowest BCUT2D eigenvalue weighted by atomic mass is 9.89. The van der Waals surface area contributed by atoms with Gasteiger partial charge >= 0.3 is 11.9 Å². The Morgan fingerprint density at radius 3 is 2.60 bits per heavy atom. The fraction of sp³-hybridized carbons (Fsp3) is 0.818. The van der Waals surface area contributed by atoms with Crippen molar-refractivity contribution in [1.82, 2.24) is 0 Å². The molecule has 0 bridgehead atoms. The largest absolute Gasteiger partial charge is 0.480 e. The van der Waals surface area contributed by atoms with Crippen molar-refractivity contribution < 1.29 is 34.4 Å². The van der Waals surface area contributed by atoms with Crippen molar-refractivity contribution >= 4 is 11.9 Å². The van der Waals surface area contributed by atoms with Gasteiger partial charge in [-0.2, -0.15) is 0 Å². The van der Waals surface area contributed by atoms with Gasteiger partial charge in [0.1, 0.15) is 12.1 Å². The molecule has 0 aliphatic carbocycles. The van der Waals surface area contributed by atoms with Crippen LogP contribution in [0.5, 0.6) is 0 Å². The van der Waals surface area contributed by atoms with Gasteiger partial charge in [0.15, 0.2) is 5.60 Å². The number of carboxylic acid groups (broad SMARTS) is 2. The topological polar surface area (TPSA) is 165 Å². The quantitative estimate of drug-likeness (QED) is 0.375. The summed E-state index contributed by atoms with van der Waals surface area (Å²) < 4.78 is 10.8. The van der Waals surface area contributed by atoms with Gasteiger partial charge in [-0.3, -0.25) is 4.79 Å². The second-order valence-corrected chi connectivity index (χ2v) is 5.25. The lowest BCUT2D eigenvalue weighted by Gasteiger charge is -2.34. The minimum absolute atomic E-state index is 0.00756. The number of nitrogens with two attached hydrogens (primary N) is 2. The highest BCUT2D eigenvalue weighted by atomic mass is 16.6. The molecule has 2 fully saturated rings. The first kappa shape index (κ1) is 15.1. The number of hydrogen-bond acceptors (Lipinski definition) is 7. The van der Waals surface area contributed by atoms with Crippen LogP contribution >= 0.6 is 0 Å². The van der Waals surface area contributed by atoms with Gasteiger partial charge in [-0.15, -0.1) is 0 Å². The summed E-state index contributed by atoms with van der Waals surface area (Å²) in [5, 5.41) is 27.8. The molecule has 0 radical (unpaired) electrons. The van der Waals surface area contributed by atoms with Crippen LogP contribution in [0.15, 0.2) is 0 Å². The Morgan fingerprint density at radius 2 is 2.05 bits per heavy atom. The highest BCUT2D eigenvalue weighted by Crippen LogP contribution is 2.39. The third-order valence-corrected chi connectivity index (χ3v) is 3.82. The zero-order valence-corrected chi connectivity index (χ0v) is 10.6. The number of carboxylic acids is 2. The second-order valence-electron chi connectivity index (χ2n) is 5.25. The van der Waals surface area contributed by atoms with E-state index in [9.17, 15) is 19.8 Å². The van der Waals surface area contributed by atoms with Crippen LogP contribution in [0.4, 0.5) is 0 Å². The monoisotopic (exact) mass is 290 g/mol. The Bertz CT molecular complexity index is 418. The van der Waals surface area contributed by atoms with Gasteiger partial charge in [0.05, 0.1) is 24.9 Å². The summed E-state index contributed by atoms with van der Waals surface area (Å²) in [6.45, 7) is -0.00756. The zero-order valence-electron chi connectivity index (χ0n) is 10.6. The summed E-state index contributed by atoms with van der Waals surface area (Å²) in [4.78, 5) is 22.3. The van der Waals surface area contributed by atoms with Crippen LogP contribution in [0.2, 0.25) is 0 Å². The average Bonchev–Trinajstić information content (AvgIpc) is 2.74. The van der Waals surface area contributed by atoms with Crippen molar-refractivity contribution in [2.45, 2.75) is 48.8 Å². The van der Waals surface area contributed by atoms with Crippen molar-refractivity contribution in [1.29, 1.82) is 0 Å². The van der Waals surface area contributed by atoms with Gasteiger partial charge in [-0.1, -0.05) is 0 Å². The molecule has 6 atom stereocenters. The number of ether oxygens (including phenoxy) is 2. The van der Waals surface area contributed by atoms with Gasteiger partial charge in [0, 0.05) is 12.8 Å². The molecule has 0 unspecified atom stereocenters. The highest BCUT2D eigenvalue weighted by molar-refractivity contribution is 5.81. The van der Waals surface area contributed by atoms with Crippen LogP contribution in [-0.4, -0.2) is 69.9 Å². The number of carbonyl (C=O) groups is 2. The van der Waals surface area contributed by atoms with Crippen molar-refractivity contribution in [3.63, 3.8) is 0 Å². The molecule has 9 heteroatoms. The Hall–Kier alpha value is -1.26. The van der Waals surface area contributed by atoms with E-state index in [1.54, 1.807) is 0 Å². The molecule has 114 valence electrons. The summed E-state index contributed by atoms with van der Waals surface area (Å²) in [5.74, 6) is -2.62. The second kappa shape index (κ2) is 5.26. The summed E-state index contributed by atoms with van der Waals surface area (Å²) in [7, 11) is 0. The molecule has 7 N–H and O–H groups in total. The van der Waals surface area contributed by atoms with Crippen molar-refractivity contribution in [2.24, 2.45) is 11.5 Å². The van der Waals surface area contributed by atoms with Gasteiger partial charge in [0.2, 0.25) is 0 Å². The lowest BCUT2D eigenvalue weighted by molar-refractivity contribution is -0.174. The van der Waals surface area contributed by atoms with Gasteiger partial charge < -0.3 is 36.3 Å². The van der Waals surface area contributed by atoms with Crippen LogP contribution in [0.25, 0.3) is 0 Å². The third kappa shape index (κ3) is 2.50. The van der Waals surface area contributed by atoms with E-state index in [0.29, 0.717) is 0 Å². The summed E-state index contributed by atoms with van der Waals surface area (Å²) in [6, 6.07) is -2.15. The average molecular weight is 290 g/mol. The summed E-state index contributed by atoms with van der Waals surface area (Å²) in [5.41, 5.74) is 9.43. The minimum atomic E-state index is -1.76. The molecule has 2 rings (SSSR count). The Balaban J connectivity index is 2.20. The highest BCUT2D eigenvalue weighted by Gasteiger charge is 2.57. The van der Waals surface area contributed by atoms with E-state index in [2.05, 4.69) is 0 Å². The van der Waals surface area contributed by atoms with Crippen molar-refractivity contribution in [3.05, 3.63) is 0 Å². The van der Waals surface area contributed by atoms with Gasteiger partial charge in [0.25, 0.3) is 0 Å². The van der Waals surface area contributed by atoms with E-state index in [4.69, 9.17) is 26.0 Å². The van der Waals surface area contributed by atoms with Crippen LogP contribution in [0, 0.1) is 0 Å². The minimum Gasteiger partial charge on any atom is -0.480 e. The summed E-state index contributed by atoms with van der Waals surface area (Å²) in [6.07, 6.45) is -2.78. The molecule has 0 aromatic carbocycles. The number of aliphatic hydroxyl groups excluding tert-OH is 1. The van der Waals surface area contributed by atoms with Gasteiger partial charge in [-0.05, 0) is 0 Å². The van der Waals surface area contributed by atoms with Gasteiger partial charge in [-0.25, -0.2) is 4.79 Å². The summed E-state index contributed by atoms with van der Waals surface area (Å²) >= 11 is 0. The molecule has 2 heterocycles.